The third-order valence-electron chi connectivity index (χ3n) is 3.07. The summed E-state index contributed by atoms with van der Waals surface area (Å²) in [6.07, 6.45) is 0.799. The number of anilines is 1. The van der Waals surface area contributed by atoms with Crippen molar-refractivity contribution in [2.24, 2.45) is 0 Å². The fourth-order valence-electron chi connectivity index (χ4n) is 2.07. The van der Waals surface area contributed by atoms with Gasteiger partial charge in [-0.1, -0.05) is 19.9 Å². The molecule has 4 nitrogen and oxygen atoms in total. The van der Waals surface area contributed by atoms with E-state index in [4.69, 9.17) is 5.73 Å². The first-order valence-electron chi connectivity index (χ1n) is 6.22. The molecule has 0 aliphatic heterocycles. The Bertz CT molecular complexity index is 524. The third-order valence-corrected chi connectivity index (χ3v) is 5.33. The smallest absolute Gasteiger partial charge is 0.243 e. The van der Waals surface area contributed by atoms with Gasteiger partial charge in [0.15, 0.2) is 0 Å². The van der Waals surface area contributed by atoms with Crippen LogP contribution in [0.1, 0.15) is 31.4 Å². The molecule has 1 aromatic rings. The Morgan fingerprint density at radius 3 is 2.33 bits per heavy atom. The van der Waals surface area contributed by atoms with Crippen LogP contribution >= 0.6 is 0 Å². The average molecular weight is 270 g/mol. The van der Waals surface area contributed by atoms with E-state index >= 15 is 0 Å². The van der Waals surface area contributed by atoms with Gasteiger partial charge in [-0.3, -0.25) is 0 Å². The molecule has 1 rings (SSSR count). The first kappa shape index (κ1) is 15.0. The minimum atomic E-state index is -3.44. The fraction of sp³-hybridized carbons (Fsp3) is 0.538. The maximum Gasteiger partial charge on any atom is 0.243 e. The van der Waals surface area contributed by atoms with E-state index in [0.29, 0.717) is 29.2 Å². The van der Waals surface area contributed by atoms with Gasteiger partial charge in [0.05, 0.1) is 4.90 Å². The van der Waals surface area contributed by atoms with Gasteiger partial charge >= 0.3 is 0 Å². The van der Waals surface area contributed by atoms with Crippen LogP contribution in [0.2, 0.25) is 0 Å². The lowest BCUT2D eigenvalue weighted by Gasteiger charge is -2.22. The largest absolute Gasteiger partial charge is 0.398 e. The van der Waals surface area contributed by atoms with Crippen molar-refractivity contribution in [2.45, 2.75) is 39.0 Å². The summed E-state index contributed by atoms with van der Waals surface area (Å²) in [5.74, 6) is 0. The zero-order valence-electron chi connectivity index (χ0n) is 11.5. The zero-order chi connectivity index (χ0) is 13.9. The Kier molecular flexibility index (Phi) is 4.76. The summed E-state index contributed by atoms with van der Waals surface area (Å²) < 4.78 is 26.7. The highest BCUT2D eigenvalue weighted by molar-refractivity contribution is 7.89. The van der Waals surface area contributed by atoms with Gasteiger partial charge in [0.1, 0.15) is 0 Å². The molecule has 0 radical (unpaired) electrons. The van der Waals surface area contributed by atoms with Crippen molar-refractivity contribution in [3.8, 4) is 0 Å². The molecule has 0 saturated heterocycles. The lowest BCUT2D eigenvalue weighted by atomic mass is 10.1. The quantitative estimate of drug-likeness (QED) is 0.835. The average Bonchev–Trinajstić information content (AvgIpc) is 2.30. The highest BCUT2D eigenvalue weighted by Crippen LogP contribution is 2.27. The topological polar surface area (TPSA) is 63.4 Å². The molecule has 0 bridgehead atoms. The van der Waals surface area contributed by atoms with Gasteiger partial charge in [-0.05, 0) is 37.5 Å². The van der Waals surface area contributed by atoms with Gasteiger partial charge in [-0.15, -0.1) is 0 Å². The maximum atomic E-state index is 12.6. The number of benzene rings is 1. The minimum Gasteiger partial charge on any atom is -0.398 e. The van der Waals surface area contributed by atoms with Crippen molar-refractivity contribution in [3.63, 3.8) is 0 Å². The van der Waals surface area contributed by atoms with Gasteiger partial charge in [0.25, 0.3) is 0 Å². The van der Waals surface area contributed by atoms with Crippen molar-refractivity contribution in [1.29, 1.82) is 0 Å². The number of rotatable bonds is 5. The number of hydrogen-bond acceptors (Lipinski definition) is 3. The lowest BCUT2D eigenvalue weighted by Crippen LogP contribution is -2.32. The summed E-state index contributed by atoms with van der Waals surface area (Å²) in [4.78, 5) is 0.359. The van der Waals surface area contributed by atoms with Gasteiger partial charge in [-0.25, -0.2) is 8.42 Å². The second-order valence-electron chi connectivity index (χ2n) is 4.42. The van der Waals surface area contributed by atoms with E-state index in [-0.39, 0.29) is 0 Å². The minimum absolute atomic E-state index is 0.359. The molecular formula is C13H22N2O2S. The van der Waals surface area contributed by atoms with E-state index in [2.05, 4.69) is 0 Å². The second-order valence-corrected chi connectivity index (χ2v) is 6.30. The molecular weight excluding hydrogens is 248 g/mol. The SMILES string of the molecule is CCCN(CC)S(=O)(=O)c1c(C)ccc(N)c1C. The zero-order valence-corrected chi connectivity index (χ0v) is 12.3. The molecule has 0 heterocycles. The Hall–Kier alpha value is -1.07. The highest BCUT2D eigenvalue weighted by Gasteiger charge is 2.26. The van der Waals surface area contributed by atoms with Crippen LogP contribution in [0.4, 0.5) is 5.69 Å². The molecule has 0 saturated carbocycles. The van der Waals surface area contributed by atoms with E-state index in [0.717, 1.165) is 12.0 Å². The van der Waals surface area contributed by atoms with Crippen LogP contribution < -0.4 is 5.73 Å². The number of aryl methyl sites for hydroxylation is 1. The third kappa shape index (κ3) is 2.67. The Balaban J connectivity index is 3.40. The summed E-state index contributed by atoms with van der Waals surface area (Å²) >= 11 is 0. The van der Waals surface area contributed by atoms with E-state index < -0.39 is 10.0 Å². The molecule has 0 atom stereocenters. The predicted molar refractivity (Wildman–Crippen MR) is 75.1 cm³/mol. The summed E-state index contributed by atoms with van der Waals surface area (Å²) in [5, 5.41) is 0. The first-order chi connectivity index (χ1) is 8.36. The Labute approximate surface area is 110 Å². The van der Waals surface area contributed by atoms with E-state index in [1.54, 1.807) is 26.0 Å². The number of nitrogen functional groups attached to an aromatic ring is 1. The molecule has 0 aromatic heterocycles. The molecule has 0 aliphatic carbocycles. The van der Waals surface area contributed by atoms with Crippen LogP contribution in [0, 0.1) is 13.8 Å². The number of hydrogen-bond donors (Lipinski definition) is 1. The summed E-state index contributed by atoms with van der Waals surface area (Å²) in [6, 6.07) is 3.51. The van der Waals surface area contributed by atoms with E-state index in [9.17, 15) is 8.42 Å². The van der Waals surface area contributed by atoms with Crippen LogP contribution in [0.5, 0.6) is 0 Å². The van der Waals surface area contributed by atoms with Gasteiger partial charge in [-0.2, -0.15) is 4.31 Å². The monoisotopic (exact) mass is 270 g/mol. The number of nitrogens with zero attached hydrogens (tertiary/aromatic N) is 1. The molecule has 0 amide bonds. The molecule has 18 heavy (non-hydrogen) atoms. The second kappa shape index (κ2) is 5.71. The van der Waals surface area contributed by atoms with Crippen molar-refractivity contribution in [3.05, 3.63) is 23.3 Å². The molecule has 0 unspecified atom stereocenters. The Morgan fingerprint density at radius 2 is 1.83 bits per heavy atom. The molecule has 0 aliphatic rings. The standard InChI is InChI=1S/C13H22N2O2S/c1-5-9-15(6-2)18(16,17)13-10(3)7-8-12(14)11(13)4/h7-8H,5-6,9,14H2,1-4H3. The van der Waals surface area contributed by atoms with Crippen molar-refractivity contribution in [2.75, 3.05) is 18.8 Å². The summed E-state index contributed by atoms with van der Waals surface area (Å²) in [5.41, 5.74) is 7.73. The van der Waals surface area contributed by atoms with Crippen LogP contribution in [0.15, 0.2) is 17.0 Å². The highest BCUT2D eigenvalue weighted by atomic mass is 32.2. The van der Waals surface area contributed by atoms with Crippen LogP contribution in [0.25, 0.3) is 0 Å². The van der Waals surface area contributed by atoms with Gasteiger partial charge < -0.3 is 5.73 Å². The summed E-state index contributed by atoms with van der Waals surface area (Å²) in [7, 11) is -3.44. The molecule has 0 spiro atoms. The van der Waals surface area contributed by atoms with Crippen molar-refractivity contribution >= 4 is 15.7 Å². The van der Waals surface area contributed by atoms with Crippen LogP contribution in [-0.4, -0.2) is 25.8 Å². The van der Waals surface area contributed by atoms with Crippen molar-refractivity contribution < 1.29 is 8.42 Å². The van der Waals surface area contributed by atoms with Gasteiger partial charge in [0.2, 0.25) is 10.0 Å². The molecule has 0 fully saturated rings. The normalized spacial score (nSPS) is 12.1. The molecule has 102 valence electrons. The van der Waals surface area contributed by atoms with Gasteiger partial charge in [0, 0.05) is 18.8 Å². The van der Waals surface area contributed by atoms with Crippen LogP contribution in [0.3, 0.4) is 0 Å². The number of sulfonamides is 1. The van der Waals surface area contributed by atoms with E-state index in [1.165, 1.54) is 4.31 Å². The Morgan fingerprint density at radius 1 is 1.22 bits per heavy atom. The van der Waals surface area contributed by atoms with Crippen LogP contribution in [-0.2, 0) is 10.0 Å². The van der Waals surface area contributed by atoms with Crippen molar-refractivity contribution in [1.82, 2.24) is 4.31 Å². The first-order valence-corrected chi connectivity index (χ1v) is 7.66. The molecule has 5 heteroatoms. The molecule has 2 N–H and O–H groups in total. The van der Waals surface area contributed by atoms with E-state index in [1.807, 2.05) is 13.8 Å². The maximum absolute atomic E-state index is 12.6. The number of nitrogens with two attached hydrogens (primary N) is 1. The molecule has 1 aromatic carbocycles. The predicted octanol–water partition coefficient (Wildman–Crippen LogP) is 2.31. The fourth-order valence-corrected chi connectivity index (χ4v) is 4.07. The lowest BCUT2D eigenvalue weighted by molar-refractivity contribution is 0.426. The summed E-state index contributed by atoms with van der Waals surface area (Å²) in [6.45, 7) is 8.39.